The summed E-state index contributed by atoms with van der Waals surface area (Å²) in [5, 5.41) is 9.32. The number of benzene rings is 2. The number of hydrogen-bond donors (Lipinski definition) is 0. The summed E-state index contributed by atoms with van der Waals surface area (Å²) in [6.45, 7) is 0. The first kappa shape index (κ1) is 7.38. The molecule has 2 aromatic carbocycles. The third kappa shape index (κ3) is 0.836. The van der Waals surface area contributed by atoms with E-state index in [1.807, 2.05) is 36.4 Å². The SMILES string of the molecule is O=C1N=Nc2ccc3ccccc3c21. The molecule has 1 heterocycles. The van der Waals surface area contributed by atoms with Gasteiger partial charge in [-0.05, 0) is 16.8 Å². The Kier molecular flexibility index (Phi) is 1.31. The first-order valence-electron chi connectivity index (χ1n) is 4.34. The number of amides is 1. The summed E-state index contributed by atoms with van der Waals surface area (Å²) in [7, 11) is 0. The van der Waals surface area contributed by atoms with Crippen LogP contribution in [0, 0.1) is 0 Å². The van der Waals surface area contributed by atoms with E-state index in [-0.39, 0.29) is 5.91 Å². The van der Waals surface area contributed by atoms with Gasteiger partial charge in [0.15, 0.2) is 0 Å². The predicted molar refractivity (Wildman–Crippen MR) is 52.8 cm³/mol. The smallest absolute Gasteiger partial charge is 0.265 e. The molecule has 0 radical (unpaired) electrons. The number of hydrogen-bond acceptors (Lipinski definition) is 2. The first-order valence-corrected chi connectivity index (χ1v) is 4.34. The molecule has 0 atom stereocenters. The van der Waals surface area contributed by atoms with Crippen LogP contribution in [0.25, 0.3) is 10.8 Å². The number of fused-ring (bicyclic) bond motifs is 3. The Morgan fingerprint density at radius 3 is 2.71 bits per heavy atom. The highest BCUT2D eigenvalue weighted by Gasteiger charge is 2.19. The van der Waals surface area contributed by atoms with E-state index in [1.54, 1.807) is 0 Å². The van der Waals surface area contributed by atoms with Crippen LogP contribution in [-0.2, 0) is 0 Å². The average Bonchev–Trinajstić information content (AvgIpc) is 2.61. The van der Waals surface area contributed by atoms with Gasteiger partial charge in [0.25, 0.3) is 5.91 Å². The summed E-state index contributed by atoms with van der Waals surface area (Å²) in [6, 6.07) is 11.5. The van der Waals surface area contributed by atoms with E-state index in [2.05, 4.69) is 10.2 Å². The first-order chi connectivity index (χ1) is 6.86. The van der Waals surface area contributed by atoms with Gasteiger partial charge in [0, 0.05) is 0 Å². The van der Waals surface area contributed by atoms with E-state index in [9.17, 15) is 4.79 Å². The third-order valence-electron chi connectivity index (χ3n) is 2.37. The maximum atomic E-state index is 11.4. The normalized spacial score (nSPS) is 13.6. The van der Waals surface area contributed by atoms with Crippen LogP contribution in [0.1, 0.15) is 10.4 Å². The molecular weight excluding hydrogens is 176 g/mol. The van der Waals surface area contributed by atoms with Gasteiger partial charge in [0.05, 0.1) is 11.3 Å². The van der Waals surface area contributed by atoms with Gasteiger partial charge in [-0.2, -0.15) is 0 Å². The number of carbonyl (C=O) groups excluding carboxylic acids is 1. The van der Waals surface area contributed by atoms with Crippen molar-refractivity contribution in [3.05, 3.63) is 42.0 Å². The highest BCUT2D eigenvalue weighted by atomic mass is 16.2. The van der Waals surface area contributed by atoms with E-state index >= 15 is 0 Å². The van der Waals surface area contributed by atoms with Crippen LogP contribution in [0.5, 0.6) is 0 Å². The minimum Gasteiger partial charge on any atom is -0.265 e. The fraction of sp³-hybridized carbons (Fsp3) is 0. The molecule has 2 aromatic rings. The Hall–Kier alpha value is -2.03. The number of nitrogens with zero attached hydrogens (tertiary/aromatic N) is 2. The zero-order valence-electron chi connectivity index (χ0n) is 7.27. The van der Waals surface area contributed by atoms with Gasteiger partial charge in [-0.25, -0.2) is 0 Å². The van der Waals surface area contributed by atoms with Crippen molar-refractivity contribution < 1.29 is 4.79 Å². The van der Waals surface area contributed by atoms with Crippen LogP contribution in [0.15, 0.2) is 46.6 Å². The zero-order chi connectivity index (χ0) is 9.54. The summed E-state index contributed by atoms with van der Waals surface area (Å²) in [5.74, 6) is -0.239. The van der Waals surface area contributed by atoms with E-state index < -0.39 is 0 Å². The molecule has 1 aliphatic heterocycles. The second-order valence-corrected chi connectivity index (χ2v) is 3.19. The lowest BCUT2D eigenvalue weighted by Crippen LogP contribution is -1.90. The zero-order valence-corrected chi connectivity index (χ0v) is 7.27. The predicted octanol–water partition coefficient (Wildman–Crippen LogP) is 3.08. The Morgan fingerprint density at radius 2 is 1.79 bits per heavy atom. The van der Waals surface area contributed by atoms with Gasteiger partial charge >= 0.3 is 0 Å². The Balaban J connectivity index is 2.50. The number of rotatable bonds is 0. The van der Waals surface area contributed by atoms with E-state index in [4.69, 9.17) is 0 Å². The van der Waals surface area contributed by atoms with Gasteiger partial charge in [-0.1, -0.05) is 30.3 Å². The summed E-state index contributed by atoms with van der Waals surface area (Å²) >= 11 is 0. The molecule has 3 heteroatoms. The van der Waals surface area contributed by atoms with Gasteiger partial charge in [0.2, 0.25) is 0 Å². The molecule has 1 amide bonds. The lowest BCUT2D eigenvalue weighted by atomic mass is 10.0. The lowest BCUT2D eigenvalue weighted by molar-refractivity contribution is 0.100. The topological polar surface area (TPSA) is 41.8 Å². The molecular formula is C11H6N2O. The third-order valence-corrected chi connectivity index (χ3v) is 2.37. The van der Waals surface area contributed by atoms with Crippen molar-refractivity contribution >= 4 is 22.4 Å². The second-order valence-electron chi connectivity index (χ2n) is 3.19. The Bertz CT molecular complexity index is 573. The maximum Gasteiger partial charge on any atom is 0.298 e. The molecule has 0 aromatic heterocycles. The summed E-state index contributed by atoms with van der Waals surface area (Å²) in [5.41, 5.74) is 1.30. The van der Waals surface area contributed by atoms with Crippen molar-refractivity contribution in [3.63, 3.8) is 0 Å². The highest BCUT2D eigenvalue weighted by Crippen LogP contribution is 2.32. The monoisotopic (exact) mass is 182 g/mol. The fourth-order valence-electron chi connectivity index (χ4n) is 1.72. The number of azo groups is 1. The minimum atomic E-state index is -0.239. The van der Waals surface area contributed by atoms with E-state index in [1.165, 1.54) is 0 Å². The van der Waals surface area contributed by atoms with Crippen molar-refractivity contribution in [3.8, 4) is 0 Å². The van der Waals surface area contributed by atoms with Crippen molar-refractivity contribution in [1.29, 1.82) is 0 Å². The van der Waals surface area contributed by atoms with Crippen molar-refractivity contribution in [2.24, 2.45) is 10.2 Å². The summed E-state index contributed by atoms with van der Waals surface area (Å²) in [4.78, 5) is 11.4. The Labute approximate surface area is 80.1 Å². The van der Waals surface area contributed by atoms with Crippen molar-refractivity contribution in [1.82, 2.24) is 0 Å². The molecule has 14 heavy (non-hydrogen) atoms. The second kappa shape index (κ2) is 2.48. The van der Waals surface area contributed by atoms with Crippen molar-refractivity contribution in [2.45, 2.75) is 0 Å². The van der Waals surface area contributed by atoms with E-state index in [0.717, 1.165) is 10.8 Å². The molecule has 0 spiro atoms. The van der Waals surface area contributed by atoms with Gasteiger partial charge in [0.1, 0.15) is 0 Å². The molecule has 0 saturated carbocycles. The quantitative estimate of drug-likeness (QED) is 0.617. The van der Waals surface area contributed by atoms with Crippen LogP contribution in [0.4, 0.5) is 5.69 Å². The molecule has 0 N–H and O–H groups in total. The molecule has 0 saturated heterocycles. The molecule has 3 rings (SSSR count). The van der Waals surface area contributed by atoms with Crippen LogP contribution in [0.3, 0.4) is 0 Å². The summed E-state index contributed by atoms with van der Waals surface area (Å²) < 4.78 is 0. The number of carbonyl (C=O) groups is 1. The fourth-order valence-corrected chi connectivity index (χ4v) is 1.72. The lowest BCUT2D eigenvalue weighted by Gasteiger charge is -2.00. The molecule has 0 aliphatic carbocycles. The van der Waals surface area contributed by atoms with Gasteiger partial charge < -0.3 is 0 Å². The summed E-state index contributed by atoms with van der Waals surface area (Å²) in [6.07, 6.45) is 0. The maximum absolute atomic E-state index is 11.4. The largest absolute Gasteiger partial charge is 0.298 e. The van der Waals surface area contributed by atoms with Crippen LogP contribution >= 0.6 is 0 Å². The van der Waals surface area contributed by atoms with Gasteiger partial charge in [-0.3, -0.25) is 4.79 Å². The van der Waals surface area contributed by atoms with E-state index in [0.29, 0.717) is 11.3 Å². The minimum absolute atomic E-state index is 0.239. The van der Waals surface area contributed by atoms with Crippen LogP contribution < -0.4 is 0 Å². The average molecular weight is 182 g/mol. The van der Waals surface area contributed by atoms with Crippen LogP contribution in [0.2, 0.25) is 0 Å². The molecule has 66 valence electrons. The molecule has 0 bridgehead atoms. The van der Waals surface area contributed by atoms with Gasteiger partial charge in [-0.15, -0.1) is 10.2 Å². The van der Waals surface area contributed by atoms with Crippen LogP contribution in [-0.4, -0.2) is 5.91 Å². The van der Waals surface area contributed by atoms with Crippen molar-refractivity contribution in [2.75, 3.05) is 0 Å². The molecule has 0 fully saturated rings. The molecule has 0 unspecified atom stereocenters. The molecule has 1 aliphatic rings. The highest BCUT2D eigenvalue weighted by molar-refractivity contribution is 6.13. The Morgan fingerprint density at radius 1 is 0.929 bits per heavy atom. The molecule has 3 nitrogen and oxygen atoms in total. The standard InChI is InChI=1S/C11H6N2O/c14-11-10-8-4-2-1-3-7(8)5-6-9(10)12-13-11/h1-6H.